The number of nitrogens with zero attached hydrogens (tertiary/aromatic N) is 1. The number of unbranched alkanes of at least 4 members (excludes halogenated alkanes) is 1. The van der Waals surface area contributed by atoms with Gasteiger partial charge in [-0.3, -0.25) is 10.9 Å². The highest BCUT2D eigenvalue weighted by atomic mass is 15.4. The highest BCUT2D eigenvalue weighted by molar-refractivity contribution is 4.50. The van der Waals surface area contributed by atoms with E-state index < -0.39 is 0 Å². The highest BCUT2D eigenvalue weighted by Crippen LogP contribution is 1.83. The minimum atomic E-state index is 0.799. The van der Waals surface area contributed by atoms with E-state index in [1.165, 1.54) is 6.42 Å². The third-order valence-corrected chi connectivity index (χ3v) is 1.67. The molecule has 0 aliphatic rings. The molecule has 0 fully saturated rings. The van der Waals surface area contributed by atoms with Crippen LogP contribution >= 0.6 is 0 Å². The lowest BCUT2D eigenvalue weighted by atomic mass is 10.3. The molecule has 12 heavy (non-hydrogen) atoms. The van der Waals surface area contributed by atoms with Crippen LogP contribution in [0.15, 0.2) is 0 Å². The van der Waals surface area contributed by atoms with Crippen molar-refractivity contribution in [3.05, 3.63) is 0 Å². The second-order valence-electron chi connectivity index (χ2n) is 3.08. The Kier molecular flexibility index (Phi) is 8.81. The Labute approximate surface area is 75.3 Å². The molecule has 0 rings (SSSR count). The van der Waals surface area contributed by atoms with E-state index >= 15 is 0 Å². The molecule has 0 heterocycles. The molecule has 5 N–H and O–H groups in total. The molecule has 74 valence electrons. The first-order chi connectivity index (χ1) is 5.77. The molecule has 0 spiro atoms. The van der Waals surface area contributed by atoms with Gasteiger partial charge in [-0.1, -0.05) is 0 Å². The Balaban J connectivity index is 2.82. The van der Waals surface area contributed by atoms with Crippen LogP contribution in [0.3, 0.4) is 0 Å². The Morgan fingerprint density at radius 2 is 1.83 bits per heavy atom. The van der Waals surface area contributed by atoms with Crippen LogP contribution < -0.4 is 16.9 Å². The SMILES string of the molecule is CN(N)CCCNCCCCN. The van der Waals surface area contributed by atoms with E-state index in [1.807, 2.05) is 7.05 Å². The summed E-state index contributed by atoms with van der Waals surface area (Å²) in [4.78, 5) is 0. The summed E-state index contributed by atoms with van der Waals surface area (Å²) in [6.07, 6.45) is 3.40. The molecule has 0 bridgehead atoms. The molecule has 0 aromatic rings. The summed E-state index contributed by atoms with van der Waals surface area (Å²) < 4.78 is 0. The van der Waals surface area contributed by atoms with Gasteiger partial charge >= 0.3 is 0 Å². The zero-order chi connectivity index (χ0) is 9.23. The maximum Gasteiger partial charge on any atom is 0.0137 e. The maximum absolute atomic E-state index is 5.44. The summed E-state index contributed by atoms with van der Waals surface area (Å²) in [5.41, 5.74) is 5.36. The number of rotatable bonds is 8. The van der Waals surface area contributed by atoms with Crippen molar-refractivity contribution in [2.75, 3.05) is 33.2 Å². The highest BCUT2D eigenvalue weighted by Gasteiger charge is 1.90. The fraction of sp³-hybridized carbons (Fsp3) is 1.00. The molecule has 0 amide bonds. The van der Waals surface area contributed by atoms with Crippen LogP contribution in [-0.2, 0) is 0 Å². The Bertz CT molecular complexity index is 85.1. The third kappa shape index (κ3) is 9.84. The second-order valence-corrected chi connectivity index (χ2v) is 3.08. The fourth-order valence-corrected chi connectivity index (χ4v) is 0.973. The van der Waals surface area contributed by atoms with Gasteiger partial charge in [-0.05, 0) is 38.9 Å². The summed E-state index contributed by atoms with van der Waals surface area (Å²) in [6, 6.07) is 0. The van der Waals surface area contributed by atoms with Gasteiger partial charge in [-0.15, -0.1) is 0 Å². The van der Waals surface area contributed by atoms with Crippen LogP contribution in [0.4, 0.5) is 0 Å². The molecular formula is C8H22N4. The molecular weight excluding hydrogens is 152 g/mol. The van der Waals surface area contributed by atoms with E-state index in [0.717, 1.165) is 39.0 Å². The molecule has 4 nitrogen and oxygen atoms in total. The van der Waals surface area contributed by atoms with Crippen LogP contribution in [0, 0.1) is 0 Å². The first-order valence-corrected chi connectivity index (χ1v) is 4.64. The molecule has 0 saturated carbocycles. The monoisotopic (exact) mass is 174 g/mol. The lowest BCUT2D eigenvalue weighted by molar-refractivity contribution is 0.340. The summed E-state index contributed by atoms with van der Waals surface area (Å²) in [7, 11) is 1.88. The number of hydrazine groups is 1. The molecule has 0 unspecified atom stereocenters. The summed E-state index contributed by atoms with van der Waals surface area (Å²) in [5.74, 6) is 5.44. The van der Waals surface area contributed by atoms with Gasteiger partial charge in [0.1, 0.15) is 0 Å². The van der Waals surface area contributed by atoms with Gasteiger partial charge in [0.2, 0.25) is 0 Å². The Morgan fingerprint density at radius 1 is 1.17 bits per heavy atom. The summed E-state index contributed by atoms with van der Waals surface area (Å²) >= 11 is 0. The van der Waals surface area contributed by atoms with Gasteiger partial charge in [-0.2, -0.15) is 0 Å². The predicted octanol–water partition coefficient (Wildman–Crippen LogP) is -0.489. The quantitative estimate of drug-likeness (QED) is 0.264. The van der Waals surface area contributed by atoms with Crippen molar-refractivity contribution in [2.24, 2.45) is 11.6 Å². The van der Waals surface area contributed by atoms with Crippen molar-refractivity contribution in [1.82, 2.24) is 10.3 Å². The molecule has 0 radical (unpaired) electrons. The molecule has 0 aromatic carbocycles. The van der Waals surface area contributed by atoms with Crippen LogP contribution in [0.2, 0.25) is 0 Å². The number of hydrogen-bond acceptors (Lipinski definition) is 4. The molecule has 0 saturated heterocycles. The zero-order valence-electron chi connectivity index (χ0n) is 8.05. The fourth-order valence-electron chi connectivity index (χ4n) is 0.973. The topological polar surface area (TPSA) is 67.3 Å². The van der Waals surface area contributed by atoms with Gasteiger partial charge < -0.3 is 11.1 Å². The van der Waals surface area contributed by atoms with Crippen LogP contribution in [0.1, 0.15) is 19.3 Å². The van der Waals surface area contributed by atoms with Crippen LogP contribution in [0.25, 0.3) is 0 Å². The standard InChI is InChI=1S/C8H22N4/c1-12(10)8-4-7-11-6-3-2-5-9/h11H,2-10H2,1H3. The summed E-state index contributed by atoms with van der Waals surface area (Å²) in [6.45, 7) is 3.87. The molecule has 0 aliphatic carbocycles. The van der Waals surface area contributed by atoms with Crippen molar-refractivity contribution in [2.45, 2.75) is 19.3 Å². The predicted molar refractivity (Wildman–Crippen MR) is 52.6 cm³/mol. The smallest absolute Gasteiger partial charge is 0.0137 e. The zero-order valence-corrected chi connectivity index (χ0v) is 8.05. The Morgan fingerprint density at radius 3 is 2.42 bits per heavy atom. The van der Waals surface area contributed by atoms with Gasteiger partial charge in [0.15, 0.2) is 0 Å². The minimum Gasteiger partial charge on any atom is -0.330 e. The van der Waals surface area contributed by atoms with Crippen molar-refractivity contribution < 1.29 is 0 Å². The van der Waals surface area contributed by atoms with Crippen molar-refractivity contribution in [1.29, 1.82) is 0 Å². The largest absolute Gasteiger partial charge is 0.330 e. The first kappa shape index (κ1) is 11.8. The normalized spacial score (nSPS) is 11.0. The van der Waals surface area contributed by atoms with Gasteiger partial charge in [0, 0.05) is 13.6 Å². The van der Waals surface area contributed by atoms with Gasteiger partial charge in [0.05, 0.1) is 0 Å². The number of nitrogens with one attached hydrogen (secondary N) is 1. The van der Waals surface area contributed by atoms with Crippen molar-refractivity contribution in [3.63, 3.8) is 0 Å². The van der Waals surface area contributed by atoms with E-state index in [4.69, 9.17) is 11.6 Å². The van der Waals surface area contributed by atoms with Crippen molar-refractivity contribution >= 4 is 0 Å². The minimum absolute atomic E-state index is 0.799. The van der Waals surface area contributed by atoms with E-state index in [1.54, 1.807) is 5.01 Å². The first-order valence-electron chi connectivity index (χ1n) is 4.64. The second kappa shape index (κ2) is 8.93. The third-order valence-electron chi connectivity index (χ3n) is 1.67. The van der Waals surface area contributed by atoms with E-state index in [2.05, 4.69) is 5.32 Å². The molecule has 0 atom stereocenters. The van der Waals surface area contributed by atoms with Gasteiger partial charge in [0.25, 0.3) is 0 Å². The maximum atomic E-state index is 5.44. The molecule has 4 heteroatoms. The lowest BCUT2D eigenvalue weighted by Crippen LogP contribution is -2.29. The van der Waals surface area contributed by atoms with E-state index in [0.29, 0.717) is 0 Å². The van der Waals surface area contributed by atoms with Gasteiger partial charge in [-0.25, -0.2) is 0 Å². The number of hydrogen-bond donors (Lipinski definition) is 3. The van der Waals surface area contributed by atoms with Crippen LogP contribution in [0.5, 0.6) is 0 Å². The summed E-state index contributed by atoms with van der Waals surface area (Å²) in [5, 5.41) is 5.05. The molecule has 0 aromatic heterocycles. The Hall–Kier alpha value is -0.160. The average molecular weight is 174 g/mol. The van der Waals surface area contributed by atoms with Crippen LogP contribution in [-0.4, -0.2) is 38.2 Å². The molecule has 0 aliphatic heterocycles. The van der Waals surface area contributed by atoms with E-state index in [-0.39, 0.29) is 0 Å². The average Bonchev–Trinajstić information content (AvgIpc) is 2.02. The van der Waals surface area contributed by atoms with Crippen molar-refractivity contribution in [3.8, 4) is 0 Å². The number of nitrogens with two attached hydrogens (primary N) is 2. The van der Waals surface area contributed by atoms with E-state index in [9.17, 15) is 0 Å². The lowest BCUT2D eigenvalue weighted by Gasteiger charge is -2.09.